The summed E-state index contributed by atoms with van der Waals surface area (Å²) in [5.41, 5.74) is -1.34. The van der Waals surface area contributed by atoms with E-state index in [1.165, 1.54) is 7.05 Å². The third kappa shape index (κ3) is 3.19. The molecule has 1 aromatic carbocycles. The standard InChI is InChI=1S/C10H9BrF3NO2/c1-15-4-8(16)6-2-5(10(12,13)14)3-7(11)9(6)17/h2-3,15,17H,4H2,1H3. The normalized spacial score (nSPS) is 11.6. The molecule has 0 aliphatic heterocycles. The Morgan fingerprint density at radius 1 is 1.47 bits per heavy atom. The number of phenols is 1. The fourth-order valence-electron chi connectivity index (χ4n) is 1.23. The molecule has 1 aromatic rings. The van der Waals surface area contributed by atoms with Gasteiger partial charge in [-0.3, -0.25) is 4.79 Å². The highest BCUT2D eigenvalue weighted by atomic mass is 79.9. The lowest BCUT2D eigenvalue weighted by Crippen LogP contribution is -2.19. The van der Waals surface area contributed by atoms with Crippen LogP contribution >= 0.6 is 15.9 Å². The van der Waals surface area contributed by atoms with Gasteiger partial charge in [-0.15, -0.1) is 0 Å². The first-order valence-corrected chi connectivity index (χ1v) is 5.34. The molecule has 0 bridgehead atoms. The summed E-state index contributed by atoms with van der Waals surface area (Å²) in [5.74, 6) is -1.10. The maximum atomic E-state index is 12.5. The van der Waals surface area contributed by atoms with Crippen molar-refractivity contribution in [3.8, 4) is 5.75 Å². The number of hydrogen-bond donors (Lipinski definition) is 2. The summed E-state index contributed by atoms with van der Waals surface area (Å²) in [5, 5.41) is 12.0. The summed E-state index contributed by atoms with van der Waals surface area (Å²) in [6.45, 7) is -0.151. The molecule has 2 N–H and O–H groups in total. The highest BCUT2D eigenvalue weighted by Gasteiger charge is 2.32. The fourth-order valence-corrected chi connectivity index (χ4v) is 1.69. The minimum atomic E-state index is -4.56. The zero-order valence-corrected chi connectivity index (χ0v) is 10.3. The summed E-state index contributed by atoms with van der Waals surface area (Å²) in [7, 11) is 1.48. The monoisotopic (exact) mass is 311 g/mol. The van der Waals surface area contributed by atoms with Crippen molar-refractivity contribution < 1.29 is 23.1 Å². The van der Waals surface area contributed by atoms with E-state index in [1.807, 2.05) is 0 Å². The molecule has 0 spiro atoms. The largest absolute Gasteiger partial charge is 0.506 e. The Balaban J connectivity index is 3.30. The molecule has 0 unspecified atom stereocenters. The number of rotatable bonds is 3. The van der Waals surface area contributed by atoms with E-state index in [-0.39, 0.29) is 16.6 Å². The van der Waals surface area contributed by atoms with E-state index >= 15 is 0 Å². The van der Waals surface area contributed by atoms with E-state index in [4.69, 9.17) is 0 Å². The third-order valence-electron chi connectivity index (χ3n) is 2.03. The Morgan fingerprint density at radius 3 is 2.53 bits per heavy atom. The molecular formula is C10H9BrF3NO2. The first-order valence-electron chi connectivity index (χ1n) is 4.55. The molecule has 94 valence electrons. The molecule has 0 saturated carbocycles. The van der Waals surface area contributed by atoms with Crippen LogP contribution in [0.3, 0.4) is 0 Å². The molecule has 0 saturated heterocycles. The van der Waals surface area contributed by atoms with Gasteiger partial charge in [0.2, 0.25) is 0 Å². The highest BCUT2D eigenvalue weighted by molar-refractivity contribution is 9.10. The summed E-state index contributed by atoms with van der Waals surface area (Å²) in [6, 6.07) is 1.37. The maximum Gasteiger partial charge on any atom is 0.416 e. The van der Waals surface area contributed by atoms with E-state index < -0.39 is 23.3 Å². The summed E-state index contributed by atoms with van der Waals surface area (Å²) < 4.78 is 37.3. The number of halogens is 4. The van der Waals surface area contributed by atoms with Gasteiger partial charge in [-0.2, -0.15) is 13.2 Å². The molecular weight excluding hydrogens is 303 g/mol. The van der Waals surface area contributed by atoms with Gasteiger partial charge in [0.1, 0.15) is 5.75 Å². The topological polar surface area (TPSA) is 49.3 Å². The number of phenolic OH excluding ortho intramolecular Hbond substituents is 1. The van der Waals surface area contributed by atoms with Gasteiger partial charge in [0.05, 0.1) is 22.1 Å². The molecule has 0 heterocycles. The molecule has 3 nitrogen and oxygen atoms in total. The van der Waals surface area contributed by atoms with Gasteiger partial charge in [-0.05, 0) is 35.1 Å². The van der Waals surface area contributed by atoms with Crippen LogP contribution in [0.4, 0.5) is 13.2 Å². The number of carbonyl (C=O) groups is 1. The Labute approximate surface area is 104 Å². The SMILES string of the molecule is CNCC(=O)c1cc(C(F)(F)F)cc(Br)c1O. The average Bonchev–Trinajstić information content (AvgIpc) is 2.20. The molecule has 7 heteroatoms. The van der Waals surface area contributed by atoms with E-state index in [1.54, 1.807) is 0 Å². The Kier molecular flexibility index (Phi) is 4.16. The van der Waals surface area contributed by atoms with Crippen LogP contribution in [-0.2, 0) is 6.18 Å². The molecule has 0 atom stereocenters. The Morgan fingerprint density at radius 2 is 2.06 bits per heavy atom. The molecule has 0 amide bonds. The third-order valence-corrected chi connectivity index (χ3v) is 2.63. The van der Waals surface area contributed by atoms with Crippen molar-refractivity contribution in [2.75, 3.05) is 13.6 Å². The number of Topliss-reactive ketones (excluding diaryl/α,β-unsaturated/α-hetero) is 1. The van der Waals surface area contributed by atoms with Crippen LogP contribution in [0, 0.1) is 0 Å². The molecule has 0 aromatic heterocycles. The van der Waals surface area contributed by atoms with Crippen LogP contribution in [0.25, 0.3) is 0 Å². The van der Waals surface area contributed by atoms with Crippen LogP contribution in [0.15, 0.2) is 16.6 Å². The number of hydrogen-bond acceptors (Lipinski definition) is 3. The number of ketones is 1. The maximum absolute atomic E-state index is 12.5. The number of alkyl halides is 3. The molecule has 0 fully saturated rings. The van der Waals surface area contributed by atoms with Crippen molar-refractivity contribution in [3.63, 3.8) is 0 Å². The molecule has 17 heavy (non-hydrogen) atoms. The lowest BCUT2D eigenvalue weighted by atomic mass is 10.1. The van der Waals surface area contributed by atoms with Crippen molar-refractivity contribution in [2.45, 2.75) is 6.18 Å². The molecule has 0 aliphatic carbocycles. The number of nitrogens with one attached hydrogen (secondary N) is 1. The van der Waals surface area contributed by atoms with Crippen molar-refractivity contribution in [1.29, 1.82) is 0 Å². The van der Waals surface area contributed by atoms with Crippen LogP contribution < -0.4 is 5.32 Å². The Bertz CT molecular complexity index is 446. The summed E-state index contributed by atoms with van der Waals surface area (Å²) in [4.78, 5) is 11.5. The van der Waals surface area contributed by atoms with Gasteiger partial charge >= 0.3 is 6.18 Å². The first-order chi connectivity index (χ1) is 7.77. The molecule has 0 radical (unpaired) electrons. The van der Waals surface area contributed by atoms with Crippen molar-refractivity contribution in [1.82, 2.24) is 5.32 Å². The van der Waals surface area contributed by atoms with Crippen molar-refractivity contribution >= 4 is 21.7 Å². The quantitative estimate of drug-likeness (QED) is 0.844. The zero-order chi connectivity index (χ0) is 13.2. The van der Waals surface area contributed by atoms with E-state index in [2.05, 4.69) is 21.2 Å². The fraction of sp³-hybridized carbons (Fsp3) is 0.300. The van der Waals surface area contributed by atoms with Gasteiger partial charge < -0.3 is 10.4 Å². The Hall–Kier alpha value is -1.08. The smallest absolute Gasteiger partial charge is 0.416 e. The van der Waals surface area contributed by atoms with Crippen LogP contribution in [-0.4, -0.2) is 24.5 Å². The van der Waals surface area contributed by atoms with E-state index in [0.29, 0.717) is 6.07 Å². The number of aromatic hydroxyl groups is 1. The van der Waals surface area contributed by atoms with Gasteiger partial charge in [0.15, 0.2) is 5.78 Å². The second-order valence-electron chi connectivity index (χ2n) is 3.31. The average molecular weight is 312 g/mol. The molecule has 1 rings (SSSR count). The predicted molar refractivity (Wildman–Crippen MR) is 59.1 cm³/mol. The van der Waals surface area contributed by atoms with E-state index in [9.17, 15) is 23.1 Å². The highest BCUT2D eigenvalue weighted by Crippen LogP contribution is 2.37. The first kappa shape index (κ1) is 14.0. The van der Waals surface area contributed by atoms with Gasteiger partial charge in [0.25, 0.3) is 0 Å². The minimum Gasteiger partial charge on any atom is -0.506 e. The van der Waals surface area contributed by atoms with Crippen LogP contribution in [0.5, 0.6) is 5.75 Å². The number of benzene rings is 1. The second kappa shape index (κ2) is 5.05. The van der Waals surface area contributed by atoms with Gasteiger partial charge in [-0.25, -0.2) is 0 Å². The lowest BCUT2D eigenvalue weighted by Gasteiger charge is -2.11. The van der Waals surface area contributed by atoms with Crippen molar-refractivity contribution in [2.24, 2.45) is 0 Å². The van der Waals surface area contributed by atoms with Crippen LogP contribution in [0.2, 0.25) is 0 Å². The zero-order valence-electron chi connectivity index (χ0n) is 8.73. The van der Waals surface area contributed by atoms with Gasteiger partial charge in [-0.1, -0.05) is 0 Å². The number of likely N-dealkylation sites (N-methyl/N-ethyl adjacent to an activating group) is 1. The van der Waals surface area contributed by atoms with E-state index in [0.717, 1.165) is 6.07 Å². The summed E-state index contributed by atoms with van der Waals surface area (Å²) >= 11 is 2.79. The minimum absolute atomic E-state index is 0.151. The predicted octanol–water partition coefficient (Wildman–Crippen LogP) is 2.58. The second-order valence-corrected chi connectivity index (χ2v) is 4.16. The van der Waals surface area contributed by atoms with Gasteiger partial charge in [0, 0.05) is 0 Å². The van der Waals surface area contributed by atoms with Crippen molar-refractivity contribution in [3.05, 3.63) is 27.7 Å². The lowest BCUT2D eigenvalue weighted by molar-refractivity contribution is -0.137. The summed E-state index contributed by atoms with van der Waals surface area (Å²) in [6.07, 6.45) is -4.56. The van der Waals surface area contributed by atoms with Crippen LogP contribution in [0.1, 0.15) is 15.9 Å². The number of carbonyl (C=O) groups excluding carboxylic acids is 1. The molecule has 0 aliphatic rings.